The van der Waals surface area contributed by atoms with E-state index in [-0.39, 0.29) is 11.9 Å². The van der Waals surface area contributed by atoms with E-state index in [0.717, 1.165) is 22.6 Å². The second-order valence-electron chi connectivity index (χ2n) is 5.05. The van der Waals surface area contributed by atoms with Crippen molar-refractivity contribution in [3.8, 4) is 0 Å². The van der Waals surface area contributed by atoms with Gasteiger partial charge < -0.3 is 9.47 Å². The van der Waals surface area contributed by atoms with Crippen LogP contribution in [0.4, 0.5) is 0 Å². The molecule has 100 valence electrons. The van der Waals surface area contributed by atoms with Crippen molar-refractivity contribution in [2.75, 3.05) is 6.54 Å². The fourth-order valence-corrected chi connectivity index (χ4v) is 2.78. The highest BCUT2D eigenvalue weighted by molar-refractivity contribution is 6.32. The van der Waals surface area contributed by atoms with Crippen LogP contribution in [0.2, 0.25) is 0 Å². The van der Waals surface area contributed by atoms with Crippen molar-refractivity contribution in [3.63, 3.8) is 0 Å². The molecule has 2 radical (unpaired) electrons. The Balaban J connectivity index is 1.88. The number of hydrogen-bond donors (Lipinski definition) is 0. The van der Waals surface area contributed by atoms with Gasteiger partial charge in [0.05, 0.1) is 6.04 Å². The number of fused-ring (bicyclic) bond motifs is 1. The molecule has 3 rings (SSSR count). The van der Waals surface area contributed by atoms with Crippen molar-refractivity contribution in [3.05, 3.63) is 41.5 Å². The number of rotatable bonds is 1. The zero-order chi connectivity index (χ0) is 14.3. The number of carbonyl (C=O) groups excluding carboxylic acids is 1. The minimum absolute atomic E-state index is 0.0480. The van der Waals surface area contributed by atoms with Gasteiger partial charge in [0, 0.05) is 18.7 Å². The van der Waals surface area contributed by atoms with Crippen molar-refractivity contribution in [1.29, 1.82) is 0 Å². The van der Waals surface area contributed by atoms with Gasteiger partial charge in [-0.25, -0.2) is 0 Å². The summed E-state index contributed by atoms with van der Waals surface area (Å²) in [6.07, 6.45) is 0. The summed E-state index contributed by atoms with van der Waals surface area (Å²) in [5, 5.41) is 8.29. The number of benzene rings is 1. The fraction of sp³-hybridized carbons (Fsp3) is 0.357. The topological polar surface area (TPSA) is 51.0 Å². The summed E-state index contributed by atoms with van der Waals surface area (Å²) in [5.74, 6) is 1.82. The van der Waals surface area contributed by atoms with Crippen LogP contribution >= 0.6 is 0 Å². The van der Waals surface area contributed by atoms with Crippen LogP contribution in [0.25, 0.3) is 0 Å². The molecule has 0 aliphatic carbocycles. The van der Waals surface area contributed by atoms with Crippen LogP contribution in [0.15, 0.2) is 24.3 Å². The van der Waals surface area contributed by atoms with Crippen LogP contribution in [-0.4, -0.2) is 48.4 Å². The van der Waals surface area contributed by atoms with E-state index in [2.05, 4.69) is 31.1 Å². The number of aryl methyl sites for hydroxylation is 1. The monoisotopic (exact) mass is 282 g/mol. The molecule has 1 unspecified atom stereocenters. The number of nitrogens with zero attached hydrogens (tertiary/aromatic N) is 4. The SMILES string of the molecule is Cc1nnc2n1CCN(C(=O)c1cc[c]([Al])cc1)C2C. The van der Waals surface area contributed by atoms with E-state index in [9.17, 15) is 4.79 Å². The largest absolute Gasteiger partial charge is 0.327 e. The molecule has 0 bridgehead atoms. The van der Waals surface area contributed by atoms with Crippen molar-refractivity contribution in [1.82, 2.24) is 19.7 Å². The number of carbonyl (C=O) groups is 1. The Morgan fingerprint density at radius 2 is 1.95 bits per heavy atom. The molecule has 5 nitrogen and oxygen atoms in total. The zero-order valence-electron chi connectivity index (χ0n) is 11.6. The van der Waals surface area contributed by atoms with E-state index in [1.54, 1.807) is 0 Å². The second-order valence-corrected chi connectivity index (χ2v) is 5.72. The van der Waals surface area contributed by atoms with Crippen LogP contribution in [0.1, 0.15) is 35.0 Å². The molecule has 2 heterocycles. The lowest BCUT2D eigenvalue weighted by atomic mass is 10.1. The van der Waals surface area contributed by atoms with E-state index >= 15 is 0 Å². The first-order valence-corrected chi connectivity index (χ1v) is 7.22. The van der Waals surface area contributed by atoms with Crippen LogP contribution in [0.5, 0.6) is 0 Å². The lowest BCUT2D eigenvalue weighted by Gasteiger charge is -2.33. The van der Waals surface area contributed by atoms with Gasteiger partial charge in [0.25, 0.3) is 5.91 Å². The Bertz CT molecular complexity index is 650. The van der Waals surface area contributed by atoms with Crippen molar-refractivity contribution >= 4 is 26.6 Å². The van der Waals surface area contributed by atoms with Gasteiger partial charge in [-0.15, -0.1) is 14.6 Å². The summed E-state index contributed by atoms with van der Waals surface area (Å²) in [4.78, 5) is 14.5. The highest BCUT2D eigenvalue weighted by Gasteiger charge is 2.30. The van der Waals surface area contributed by atoms with Crippen LogP contribution in [0, 0.1) is 6.92 Å². The Morgan fingerprint density at radius 1 is 1.25 bits per heavy atom. The van der Waals surface area contributed by atoms with Crippen LogP contribution < -0.4 is 4.43 Å². The summed E-state index contributed by atoms with van der Waals surface area (Å²) in [6, 6.07) is 7.54. The summed E-state index contributed by atoms with van der Waals surface area (Å²) < 4.78 is 3.16. The van der Waals surface area contributed by atoms with Crippen LogP contribution in [0.3, 0.4) is 0 Å². The maximum atomic E-state index is 12.6. The highest BCUT2D eigenvalue weighted by Crippen LogP contribution is 2.25. The molecule has 1 aromatic carbocycles. The average Bonchev–Trinajstić information content (AvgIpc) is 2.82. The molecule has 0 saturated carbocycles. The van der Waals surface area contributed by atoms with Gasteiger partial charge in [-0.1, -0.05) is 24.3 Å². The van der Waals surface area contributed by atoms with E-state index in [0.29, 0.717) is 12.1 Å². The Morgan fingerprint density at radius 3 is 2.65 bits per heavy atom. The molecular formula is C14H15AlN4O. The standard InChI is InChI=1S/C14H15N4O.Al/c1-10-13-16-15-11(2)18(13)9-8-17(10)14(19)12-6-4-3-5-7-12;/h4-7,10H,8-9H2,1-2H3;. The quantitative estimate of drug-likeness (QED) is 0.720. The lowest BCUT2D eigenvalue weighted by molar-refractivity contribution is 0.0636. The van der Waals surface area contributed by atoms with Gasteiger partial charge in [0.2, 0.25) is 0 Å². The number of amides is 1. The fourth-order valence-electron chi connectivity index (χ4n) is 2.59. The lowest BCUT2D eigenvalue weighted by Crippen LogP contribution is -2.41. The third-order valence-electron chi connectivity index (χ3n) is 3.79. The predicted molar refractivity (Wildman–Crippen MR) is 76.0 cm³/mol. The molecule has 1 amide bonds. The minimum atomic E-state index is -0.0480. The van der Waals surface area contributed by atoms with Crippen molar-refractivity contribution in [2.24, 2.45) is 0 Å². The Kier molecular flexibility index (Phi) is 3.37. The first-order valence-electron chi connectivity index (χ1n) is 6.64. The predicted octanol–water partition coefficient (Wildman–Crippen LogP) is 0.597. The molecule has 1 atom stereocenters. The van der Waals surface area contributed by atoms with Gasteiger partial charge in [-0.3, -0.25) is 4.79 Å². The molecule has 0 saturated heterocycles. The van der Waals surface area contributed by atoms with E-state index in [1.165, 1.54) is 0 Å². The third-order valence-corrected chi connectivity index (χ3v) is 4.17. The molecule has 0 N–H and O–H groups in total. The molecule has 0 spiro atoms. The summed E-state index contributed by atoms with van der Waals surface area (Å²) in [6.45, 7) is 5.39. The van der Waals surface area contributed by atoms with E-state index in [4.69, 9.17) is 0 Å². The second kappa shape index (κ2) is 5.04. The zero-order valence-corrected chi connectivity index (χ0v) is 12.7. The number of hydrogen-bond acceptors (Lipinski definition) is 3. The van der Waals surface area contributed by atoms with E-state index in [1.807, 2.05) is 43.0 Å². The maximum Gasteiger partial charge on any atom is 0.254 e. The molecular weight excluding hydrogens is 267 g/mol. The number of aromatic nitrogens is 3. The third kappa shape index (κ3) is 2.15. The van der Waals surface area contributed by atoms with Gasteiger partial charge in [0.15, 0.2) is 22.1 Å². The molecule has 1 aromatic heterocycles. The van der Waals surface area contributed by atoms with Crippen molar-refractivity contribution < 1.29 is 4.79 Å². The summed E-state index contributed by atoms with van der Waals surface area (Å²) in [7, 11) is 0. The molecule has 2 aromatic rings. The van der Waals surface area contributed by atoms with Gasteiger partial charge >= 0.3 is 0 Å². The van der Waals surface area contributed by atoms with Crippen molar-refractivity contribution in [2.45, 2.75) is 26.4 Å². The maximum absolute atomic E-state index is 12.6. The summed E-state index contributed by atoms with van der Waals surface area (Å²) >= 11 is 2.62. The highest BCUT2D eigenvalue weighted by atomic mass is 27.0. The van der Waals surface area contributed by atoms with Gasteiger partial charge in [-0.05, 0) is 13.8 Å². The Hall–Kier alpha value is -1.64. The Labute approximate surface area is 126 Å². The van der Waals surface area contributed by atoms with Gasteiger partial charge in [-0.2, -0.15) is 0 Å². The molecule has 1 aliphatic heterocycles. The normalized spacial score (nSPS) is 17.9. The molecule has 0 fully saturated rings. The summed E-state index contributed by atoms with van der Waals surface area (Å²) in [5.41, 5.74) is 0.715. The average molecular weight is 282 g/mol. The van der Waals surface area contributed by atoms with Crippen LogP contribution in [-0.2, 0) is 6.54 Å². The first-order chi connectivity index (χ1) is 9.58. The smallest absolute Gasteiger partial charge is 0.254 e. The van der Waals surface area contributed by atoms with Gasteiger partial charge in [0.1, 0.15) is 5.82 Å². The molecule has 1 aliphatic rings. The minimum Gasteiger partial charge on any atom is -0.327 e. The first kappa shape index (κ1) is 13.4. The van der Waals surface area contributed by atoms with E-state index < -0.39 is 0 Å². The molecule has 6 heteroatoms. The molecule has 20 heavy (non-hydrogen) atoms.